The largest absolute Gasteiger partial charge is 2.00 e. The van der Waals surface area contributed by atoms with Crippen LogP contribution in [0.4, 0.5) is 0 Å². The van der Waals surface area contributed by atoms with Gasteiger partial charge in [-0.1, -0.05) is 0 Å². The van der Waals surface area contributed by atoms with Crippen molar-refractivity contribution in [3.8, 4) is 0 Å². The molecule has 2 atom stereocenters. The first kappa shape index (κ1) is 14.1. The third-order valence-electron chi connectivity index (χ3n) is 1.63. The first-order valence-corrected chi connectivity index (χ1v) is 6.21. The van der Waals surface area contributed by atoms with E-state index in [9.17, 15) is 9.67 Å². The van der Waals surface area contributed by atoms with Gasteiger partial charge in [-0.05, 0) is 0 Å². The van der Waals surface area contributed by atoms with E-state index < -0.39 is 13.5 Å². The molecule has 3 nitrogen and oxygen atoms in total. The normalized spacial score (nSPS) is 16.5. The first-order valence-electron chi connectivity index (χ1n) is 3.92. The fraction of sp³-hybridized carbons (Fsp3) is 0.333. The molecule has 1 unspecified atom stereocenters. The van der Waals surface area contributed by atoms with Crippen molar-refractivity contribution in [2.24, 2.45) is 0 Å². The predicted molar refractivity (Wildman–Crippen MR) is 50.9 cm³/mol. The monoisotopic (exact) mass is 297 g/mol. The Labute approximate surface area is 97.9 Å². The minimum absolute atomic E-state index is 0. The average molecular weight is 295 g/mol. The van der Waals surface area contributed by atoms with Crippen molar-refractivity contribution in [2.45, 2.75) is 6.10 Å². The molecule has 0 saturated heterocycles. The summed E-state index contributed by atoms with van der Waals surface area (Å²) in [5.74, 6) is 0. The molecule has 0 heterocycles. The third kappa shape index (κ3) is 5.07. The molecule has 0 bridgehead atoms. The summed E-state index contributed by atoms with van der Waals surface area (Å²) >= 11 is 0. The van der Waals surface area contributed by atoms with Crippen LogP contribution in [0, 0.1) is 6.07 Å². The number of hydrogen-bond acceptors (Lipinski definition) is 2. The molecule has 1 rings (SSSR count). The van der Waals surface area contributed by atoms with Crippen LogP contribution in [-0.2, 0) is 25.6 Å². The Morgan fingerprint density at radius 1 is 1.64 bits per heavy atom. The Hall–Kier alpha value is 0.0583. The summed E-state index contributed by atoms with van der Waals surface area (Å²) in [4.78, 5) is 9.03. The second kappa shape index (κ2) is 5.82. The van der Waals surface area contributed by atoms with E-state index in [1.807, 2.05) is 0 Å². The minimum atomic E-state index is -3.15. The zero-order chi connectivity index (χ0) is 9.90. The number of aliphatic hydroxyl groups excluding tert-OH is 1. The summed E-state index contributed by atoms with van der Waals surface area (Å²) in [6, 6.07) is 9.55. The third-order valence-corrected chi connectivity index (χ3v) is 2.65. The van der Waals surface area contributed by atoms with Gasteiger partial charge in [-0.2, -0.15) is 30.3 Å². The Bertz CT molecular complexity index is 309. The molecule has 0 aromatic heterocycles. The van der Waals surface area contributed by atoms with Crippen molar-refractivity contribution in [1.82, 2.24) is 0 Å². The van der Waals surface area contributed by atoms with E-state index in [0.717, 1.165) is 0 Å². The molecule has 0 aliphatic carbocycles. The molecule has 0 aliphatic rings. The second-order valence-electron chi connectivity index (χ2n) is 3.09. The number of hydrogen-bond donors (Lipinski definition) is 2. The van der Waals surface area contributed by atoms with Crippen LogP contribution in [0.15, 0.2) is 24.3 Å². The molecule has 0 fully saturated rings. The van der Waals surface area contributed by atoms with Gasteiger partial charge in [-0.25, -0.2) is 0 Å². The first-order chi connectivity index (χ1) is 5.99. The average Bonchev–Trinajstić information content (AvgIpc) is 2.03. The maximum atomic E-state index is 11.0. The van der Waals surface area contributed by atoms with Crippen LogP contribution in [0.25, 0.3) is 0 Å². The fourth-order valence-electron chi connectivity index (χ4n) is 1.04. The van der Waals surface area contributed by atoms with Gasteiger partial charge in [-0.15, -0.1) is 5.56 Å². The molecule has 1 aromatic rings. The Balaban J connectivity index is 0.00000169. The van der Waals surface area contributed by atoms with Crippen LogP contribution in [-0.4, -0.2) is 22.8 Å². The topological polar surface area (TPSA) is 57.5 Å². The SMILES string of the molecule is CP(=O)(O)C[C@@H](O)c1c[c-]ccc1.[Mo+2]. The van der Waals surface area contributed by atoms with Gasteiger partial charge < -0.3 is 10.00 Å². The number of rotatable bonds is 3. The smallest absolute Gasteiger partial charge is 0.400 e. The Morgan fingerprint density at radius 2 is 2.29 bits per heavy atom. The zero-order valence-corrected chi connectivity index (χ0v) is 10.7. The Kier molecular flexibility index (Phi) is 5.85. The maximum Gasteiger partial charge on any atom is 2.00 e. The van der Waals surface area contributed by atoms with Gasteiger partial charge in [0.1, 0.15) is 0 Å². The van der Waals surface area contributed by atoms with Crippen molar-refractivity contribution in [2.75, 3.05) is 12.8 Å². The van der Waals surface area contributed by atoms with Crippen molar-refractivity contribution < 1.29 is 35.6 Å². The molecule has 76 valence electrons. The summed E-state index contributed by atoms with van der Waals surface area (Å²) in [7, 11) is -3.15. The molecule has 0 radical (unpaired) electrons. The molecule has 5 heteroatoms. The van der Waals surface area contributed by atoms with Crippen LogP contribution in [0.5, 0.6) is 0 Å². The second-order valence-corrected chi connectivity index (χ2v) is 5.55. The van der Waals surface area contributed by atoms with Gasteiger partial charge >= 0.3 is 21.1 Å². The number of aliphatic hydroxyl groups is 1. The van der Waals surface area contributed by atoms with E-state index in [0.29, 0.717) is 5.56 Å². The summed E-state index contributed by atoms with van der Waals surface area (Å²) in [5, 5.41) is 9.50. The number of benzene rings is 1. The summed E-state index contributed by atoms with van der Waals surface area (Å²) in [5.41, 5.74) is 0.624. The van der Waals surface area contributed by atoms with Gasteiger partial charge in [-0.3, -0.25) is 4.57 Å². The van der Waals surface area contributed by atoms with E-state index in [4.69, 9.17) is 4.89 Å². The summed E-state index contributed by atoms with van der Waals surface area (Å²) in [6.45, 7) is 1.24. The van der Waals surface area contributed by atoms with Crippen molar-refractivity contribution in [3.63, 3.8) is 0 Å². The van der Waals surface area contributed by atoms with Gasteiger partial charge in [0.25, 0.3) is 0 Å². The van der Waals surface area contributed by atoms with Crippen molar-refractivity contribution >= 4 is 7.37 Å². The van der Waals surface area contributed by atoms with E-state index in [1.165, 1.54) is 6.66 Å². The van der Waals surface area contributed by atoms with Gasteiger partial charge in [0.2, 0.25) is 0 Å². The van der Waals surface area contributed by atoms with E-state index in [2.05, 4.69) is 6.07 Å². The summed E-state index contributed by atoms with van der Waals surface area (Å²) in [6.07, 6.45) is -0.983. The minimum Gasteiger partial charge on any atom is -0.400 e. The van der Waals surface area contributed by atoms with Gasteiger partial charge in [0.15, 0.2) is 7.37 Å². The van der Waals surface area contributed by atoms with Crippen LogP contribution >= 0.6 is 7.37 Å². The fourth-order valence-corrected chi connectivity index (χ4v) is 1.89. The Morgan fingerprint density at radius 3 is 2.71 bits per heavy atom. The molecule has 14 heavy (non-hydrogen) atoms. The van der Waals surface area contributed by atoms with E-state index >= 15 is 0 Å². The maximum absolute atomic E-state index is 11.0. The molecule has 0 spiro atoms. The van der Waals surface area contributed by atoms with Crippen molar-refractivity contribution in [1.29, 1.82) is 0 Å². The van der Waals surface area contributed by atoms with Crippen LogP contribution in [0.2, 0.25) is 0 Å². The van der Waals surface area contributed by atoms with Crippen LogP contribution in [0.1, 0.15) is 11.7 Å². The van der Waals surface area contributed by atoms with E-state index in [-0.39, 0.29) is 27.2 Å². The molecule has 2 N–H and O–H groups in total. The van der Waals surface area contributed by atoms with Crippen molar-refractivity contribution in [3.05, 3.63) is 35.9 Å². The van der Waals surface area contributed by atoms with Gasteiger partial charge in [0.05, 0.1) is 0 Å². The summed E-state index contributed by atoms with van der Waals surface area (Å²) < 4.78 is 11.0. The molecule has 0 amide bonds. The molecule has 0 saturated carbocycles. The quantitative estimate of drug-likeness (QED) is 0.504. The zero-order valence-electron chi connectivity index (χ0n) is 7.75. The van der Waals surface area contributed by atoms with Crippen LogP contribution < -0.4 is 0 Å². The predicted octanol–water partition coefficient (Wildman–Crippen LogP) is 1.42. The standard InChI is InChI=1S/C9H12O3P.Mo/c1-13(11,12)7-9(10)8-5-3-2-4-6-8;/h2-3,5-6,9-10H,7H2,1H3,(H,11,12);/q-1;+2/t9-;/m1./s1. The molecule has 1 aromatic carbocycles. The van der Waals surface area contributed by atoms with Crippen LogP contribution in [0.3, 0.4) is 0 Å². The van der Waals surface area contributed by atoms with E-state index in [1.54, 1.807) is 24.3 Å². The molecular formula is C9H12MoO3P+. The molecule has 0 aliphatic heterocycles. The van der Waals surface area contributed by atoms with Gasteiger partial charge in [0, 0.05) is 18.9 Å². The molecular weight excluding hydrogens is 283 g/mol.